The lowest BCUT2D eigenvalue weighted by atomic mass is 10.2. The van der Waals surface area contributed by atoms with E-state index in [1.807, 2.05) is 18.2 Å². The van der Waals surface area contributed by atoms with Crippen LogP contribution in [0.25, 0.3) is 11.2 Å². The highest BCUT2D eigenvalue weighted by Gasteiger charge is 2.10. The van der Waals surface area contributed by atoms with Gasteiger partial charge in [-0.05, 0) is 0 Å². The summed E-state index contributed by atoms with van der Waals surface area (Å²) >= 11 is 1.32. The minimum atomic E-state index is 0.0510. The molecule has 0 saturated heterocycles. The molecule has 6 nitrogen and oxygen atoms in total. The minimum Gasteiger partial charge on any atom is -0.382 e. The van der Waals surface area contributed by atoms with Gasteiger partial charge in [0.05, 0.1) is 5.75 Å². The Morgan fingerprint density at radius 3 is 2.80 bits per heavy atom. The zero-order valence-corrected chi connectivity index (χ0v) is 11.2. The van der Waals surface area contributed by atoms with E-state index in [2.05, 4.69) is 19.9 Å². The number of carbonyl (C=O) groups is 1. The van der Waals surface area contributed by atoms with E-state index < -0.39 is 0 Å². The van der Waals surface area contributed by atoms with E-state index in [1.165, 1.54) is 18.1 Å². The number of fused-ring (bicyclic) bond motifs is 1. The second-order valence-electron chi connectivity index (χ2n) is 4.08. The Labute approximate surface area is 118 Å². The summed E-state index contributed by atoms with van der Waals surface area (Å²) in [6, 6.07) is 9.16. The summed E-state index contributed by atoms with van der Waals surface area (Å²) in [5, 5.41) is 0.608. The highest BCUT2D eigenvalue weighted by Crippen LogP contribution is 2.21. The van der Waals surface area contributed by atoms with Crippen molar-refractivity contribution in [3.8, 4) is 0 Å². The third-order valence-corrected chi connectivity index (χ3v) is 3.61. The molecule has 0 unspecified atom stereocenters. The Kier molecular flexibility index (Phi) is 3.34. The maximum Gasteiger partial charge on any atom is 0.183 e. The Balaban J connectivity index is 1.74. The number of carbonyl (C=O) groups excluding carboxylic acids is 1. The summed E-state index contributed by atoms with van der Waals surface area (Å²) in [6.07, 6.45) is 1.36. The number of aromatic nitrogens is 4. The number of thioether (sulfide) groups is 1. The second-order valence-corrected chi connectivity index (χ2v) is 5.04. The normalized spacial score (nSPS) is 10.8. The van der Waals surface area contributed by atoms with Crippen LogP contribution >= 0.6 is 11.8 Å². The van der Waals surface area contributed by atoms with Gasteiger partial charge in [0.25, 0.3) is 0 Å². The highest BCUT2D eigenvalue weighted by atomic mass is 32.2. The van der Waals surface area contributed by atoms with Crippen molar-refractivity contribution in [1.82, 2.24) is 19.9 Å². The number of ketones is 1. The molecule has 0 radical (unpaired) electrons. The Bertz CT molecular complexity index is 756. The summed E-state index contributed by atoms with van der Waals surface area (Å²) in [5.74, 6) is 0.704. The lowest BCUT2D eigenvalue weighted by Gasteiger charge is -1.98. The quantitative estimate of drug-likeness (QED) is 0.561. The second kappa shape index (κ2) is 5.30. The molecule has 0 atom stereocenters. The molecular formula is C13H11N5OS. The fourth-order valence-corrected chi connectivity index (χ4v) is 2.49. The standard InChI is InChI=1S/C13H11N5OS/c14-11-10-12(16-7-15-11)18-13(17-10)20-6-9(19)8-4-2-1-3-5-8/h1-5,7H,6H2,(H3,14,15,16,17,18). The smallest absolute Gasteiger partial charge is 0.183 e. The van der Waals surface area contributed by atoms with Crippen LogP contribution in [0.15, 0.2) is 41.8 Å². The third-order valence-electron chi connectivity index (χ3n) is 2.73. The first kappa shape index (κ1) is 12.6. The number of nitrogen functional groups attached to an aromatic ring is 1. The Morgan fingerprint density at radius 1 is 1.25 bits per heavy atom. The van der Waals surface area contributed by atoms with Gasteiger partial charge in [0.15, 0.2) is 22.4 Å². The predicted octanol–water partition coefficient (Wildman–Crippen LogP) is 1.91. The van der Waals surface area contributed by atoms with Gasteiger partial charge in [-0.1, -0.05) is 42.1 Å². The Morgan fingerprint density at radius 2 is 2.05 bits per heavy atom. The van der Waals surface area contributed by atoms with Gasteiger partial charge in [0, 0.05) is 5.56 Å². The van der Waals surface area contributed by atoms with Crippen LogP contribution in [0, 0.1) is 0 Å². The van der Waals surface area contributed by atoms with Crippen LogP contribution < -0.4 is 5.73 Å². The SMILES string of the molecule is Nc1ncnc2nc(SCC(=O)c3ccccc3)[nH]c12. The van der Waals surface area contributed by atoms with Crippen molar-refractivity contribution in [2.45, 2.75) is 5.16 Å². The number of Topliss-reactive ketones (excluding diaryl/α,β-unsaturated/α-hetero) is 1. The molecule has 7 heteroatoms. The molecule has 0 amide bonds. The van der Waals surface area contributed by atoms with Crippen molar-refractivity contribution in [1.29, 1.82) is 0 Å². The number of nitrogens with one attached hydrogen (secondary N) is 1. The van der Waals surface area contributed by atoms with Gasteiger partial charge in [-0.15, -0.1) is 0 Å². The number of rotatable bonds is 4. The summed E-state index contributed by atoms with van der Waals surface area (Å²) < 4.78 is 0. The molecule has 0 saturated carbocycles. The van der Waals surface area contributed by atoms with Crippen molar-refractivity contribution in [3.63, 3.8) is 0 Å². The van der Waals surface area contributed by atoms with Crippen molar-refractivity contribution < 1.29 is 4.79 Å². The number of aromatic amines is 1. The zero-order valence-electron chi connectivity index (χ0n) is 10.4. The van der Waals surface area contributed by atoms with Crippen LogP contribution in [0.2, 0.25) is 0 Å². The fraction of sp³-hybridized carbons (Fsp3) is 0.0769. The van der Waals surface area contributed by atoms with Crippen LogP contribution in [-0.4, -0.2) is 31.5 Å². The lowest BCUT2D eigenvalue weighted by molar-refractivity contribution is 0.102. The summed E-state index contributed by atoms with van der Waals surface area (Å²) in [4.78, 5) is 27.2. The maximum absolute atomic E-state index is 12.0. The molecule has 0 fully saturated rings. The van der Waals surface area contributed by atoms with E-state index in [0.717, 1.165) is 0 Å². The van der Waals surface area contributed by atoms with Crippen LogP contribution in [0.5, 0.6) is 0 Å². The number of nitrogens with zero attached hydrogens (tertiary/aromatic N) is 3. The Hall–Kier alpha value is -2.41. The van der Waals surface area contributed by atoms with Crippen LogP contribution in [-0.2, 0) is 0 Å². The molecule has 0 bridgehead atoms. The summed E-state index contributed by atoms with van der Waals surface area (Å²) in [7, 11) is 0. The molecule has 1 aromatic carbocycles. The number of hydrogen-bond acceptors (Lipinski definition) is 6. The maximum atomic E-state index is 12.0. The van der Waals surface area contributed by atoms with Crippen molar-refractivity contribution in [2.24, 2.45) is 0 Å². The van der Waals surface area contributed by atoms with Crippen molar-refractivity contribution >= 4 is 34.5 Å². The number of anilines is 1. The molecule has 100 valence electrons. The molecular weight excluding hydrogens is 274 g/mol. The monoisotopic (exact) mass is 285 g/mol. The van der Waals surface area contributed by atoms with Crippen LogP contribution in [0.4, 0.5) is 5.82 Å². The van der Waals surface area contributed by atoms with E-state index in [4.69, 9.17) is 5.73 Å². The molecule has 0 aliphatic heterocycles. The molecule has 3 aromatic rings. The average molecular weight is 285 g/mol. The molecule has 0 spiro atoms. The van der Waals surface area contributed by atoms with Gasteiger partial charge in [-0.2, -0.15) is 0 Å². The molecule has 0 aliphatic carbocycles. The number of imidazole rings is 1. The van der Waals surface area contributed by atoms with Gasteiger partial charge in [0.1, 0.15) is 11.8 Å². The number of nitrogens with two attached hydrogens (primary N) is 1. The highest BCUT2D eigenvalue weighted by molar-refractivity contribution is 7.99. The van der Waals surface area contributed by atoms with Gasteiger partial charge in [0.2, 0.25) is 0 Å². The van der Waals surface area contributed by atoms with E-state index in [1.54, 1.807) is 12.1 Å². The van der Waals surface area contributed by atoms with Gasteiger partial charge in [-0.25, -0.2) is 15.0 Å². The number of H-pyrrole nitrogens is 1. The molecule has 2 heterocycles. The number of hydrogen-bond donors (Lipinski definition) is 2. The van der Waals surface area contributed by atoms with Crippen LogP contribution in [0.3, 0.4) is 0 Å². The van der Waals surface area contributed by atoms with E-state index in [-0.39, 0.29) is 5.78 Å². The first-order chi connectivity index (χ1) is 9.74. The fourth-order valence-electron chi connectivity index (χ4n) is 1.73. The van der Waals surface area contributed by atoms with Gasteiger partial charge in [-0.3, -0.25) is 4.79 Å². The van der Waals surface area contributed by atoms with E-state index >= 15 is 0 Å². The molecule has 0 aliphatic rings. The van der Waals surface area contributed by atoms with Crippen molar-refractivity contribution in [3.05, 3.63) is 42.2 Å². The number of benzene rings is 1. The summed E-state index contributed by atoms with van der Waals surface area (Å²) in [6.45, 7) is 0. The largest absolute Gasteiger partial charge is 0.382 e. The average Bonchev–Trinajstić information content (AvgIpc) is 2.90. The lowest BCUT2D eigenvalue weighted by Crippen LogP contribution is -2.01. The predicted molar refractivity (Wildman–Crippen MR) is 77.6 cm³/mol. The topological polar surface area (TPSA) is 97.5 Å². The summed E-state index contributed by atoms with van der Waals surface area (Å²) in [5.41, 5.74) is 7.51. The van der Waals surface area contributed by atoms with Gasteiger partial charge >= 0.3 is 0 Å². The first-order valence-electron chi connectivity index (χ1n) is 5.91. The van der Waals surface area contributed by atoms with Gasteiger partial charge < -0.3 is 10.7 Å². The minimum absolute atomic E-state index is 0.0510. The molecule has 3 rings (SSSR count). The first-order valence-corrected chi connectivity index (χ1v) is 6.90. The molecule has 3 N–H and O–H groups in total. The van der Waals surface area contributed by atoms with E-state index in [9.17, 15) is 4.79 Å². The van der Waals surface area contributed by atoms with E-state index in [0.29, 0.717) is 33.5 Å². The third kappa shape index (κ3) is 2.48. The molecule has 2 aromatic heterocycles. The zero-order chi connectivity index (χ0) is 13.9. The van der Waals surface area contributed by atoms with Crippen LogP contribution in [0.1, 0.15) is 10.4 Å². The van der Waals surface area contributed by atoms with Crippen molar-refractivity contribution in [2.75, 3.05) is 11.5 Å². The molecule has 20 heavy (non-hydrogen) atoms.